The summed E-state index contributed by atoms with van der Waals surface area (Å²) in [6.45, 7) is 0. The highest BCUT2D eigenvalue weighted by atomic mass is 35.5. The Balaban J connectivity index is 1.77. The lowest BCUT2D eigenvalue weighted by Crippen LogP contribution is -2.14. The van der Waals surface area contributed by atoms with E-state index in [0.717, 1.165) is 5.56 Å². The maximum absolute atomic E-state index is 13.1. The molecule has 4 rings (SSSR count). The van der Waals surface area contributed by atoms with Gasteiger partial charge in [-0.15, -0.1) is 0 Å². The first kappa shape index (κ1) is 20.8. The SMILES string of the molecule is Cn1ccnc1-c1cc(Cl)c(O)c(S(=O)(=O)Nc2cc(-c3ccccc3)ccc2O)c1. The molecule has 0 amide bonds. The zero-order valence-electron chi connectivity index (χ0n) is 16.3. The van der Waals surface area contributed by atoms with Gasteiger partial charge >= 0.3 is 0 Å². The number of aryl methyl sites for hydroxylation is 1. The summed E-state index contributed by atoms with van der Waals surface area (Å²) < 4.78 is 30.3. The molecule has 0 spiro atoms. The first-order valence-corrected chi connectivity index (χ1v) is 11.0. The van der Waals surface area contributed by atoms with E-state index in [1.807, 2.05) is 30.3 Å². The van der Waals surface area contributed by atoms with Crippen molar-refractivity contribution in [1.29, 1.82) is 0 Å². The Morgan fingerprint density at radius 3 is 2.39 bits per heavy atom. The van der Waals surface area contributed by atoms with Crippen LogP contribution < -0.4 is 4.72 Å². The van der Waals surface area contributed by atoms with Gasteiger partial charge in [0.2, 0.25) is 0 Å². The number of nitrogens with zero attached hydrogens (tertiary/aromatic N) is 2. The fourth-order valence-electron chi connectivity index (χ4n) is 3.18. The van der Waals surface area contributed by atoms with Gasteiger partial charge in [-0.25, -0.2) is 13.4 Å². The van der Waals surface area contributed by atoms with Gasteiger partial charge in [-0.05, 0) is 35.4 Å². The number of hydrogen-bond donors (Lipinski definition) is 3. The first-order valence-electron chi connectivity index (χ1n) is 9.18. The number of phenols is 2. The fraction of sp³-hybridized carbons (Fsp3) is 0.0455. The van der Waals surface area contributed by atoms with Gasteiger partial charge in [0.15, 0.2) is 5.75 Å². The number of hydrogen-bond acceptors (Lipinski definition) is 5. The number of rotatable bonds is 5. The van der Waals surface area contributed by atoms with Crippen LogP contribution in [0.1, 0.15) is 0 Å². The average molecular weight is 456 g/mol. The molecule has 0 atom stereocenters. The molecule has 0 bridgehead atoms. The maximum Gasteiger partial charge on any atom is 0.265 e. The molecule has 31 heavy (non-hydrogen) atoms. The van der Waals surface area contributed by atoms with Gasteiger partial charge in [-0.1, -0.05) is 48.0 Å². The molecule has 0 aliphatic heterocycles. The highest BCUT2D eigenvalue weighted by Gasteiger charge is 2.24. The third-order valence-electron chi connectivity index (χ3n) is 4.75. The minimum absolute atomic E-state index is 0.0285. The normalized spacial score (nSPS) is 11.4. The monoisotopic (exact) mass is 455 g/mol. The predicted molar refractivity (Wildman–Crippen MR) is 120 cm³/mol. The standard InChI is InChI=1S/C22H18ClN3O4S/c1-26-10-9-24-22(26)16-11-17(23)21(28)20(13-16)31(29,30)25-18-12-15(7-8-19(18)27)14-5-3-2-4-6-14/h2-13,25,27-28H,1H3. The predicted octanol–water partition coefficient (Wildman–Crippen LogP) is 4.62. The molecule has 0 fully saturated rings. The van der Waals surface area contributed by atoms with Crippen molar-refractivity contribution in [2.45, 2.75) is 4.90 Å². The zero-order valence-corrected chi connectivity index (χ0v) is 17.9. The van der Waals surface area contributed by atoms with Crippen LogP contribution in [0.25, 0.3) is 22.5 Å². The van der Waals surface area contributed by atoms with E-state index in [0.29, 0.717) is 17.0 Å². The number of imidazole rings is 1. The molecule has 0 saturated heterocycles. The van der Waals surface area contributed by atoms with Crippen molar-refractivity contribution in [2.75, 3.05) is 4.72 Å². The number of phenolic OH excluding ortho intramolecular Hbond substituents is 2. The molecule has 4 aromatic rings. The van der Waals surface area contributed by atoms with Crippen molar-refractivity contribution in [3.8, 4) is 34.0 Å². The molecule has 0 unspecified atom stereocenters. The summed E-state index contributed by atoms with van der Waals surface area (Å²) in [6.07, 6.45) is 3.27. The molecular weight excluding hydrogens is 438 g/mol. The lowest BCUT2D eigenvalue weighted by molar-refractivity contribution is 0.459. The van der Waals surface area contributed by atoms with Crippen LogP contribution in [0.15, 0.2) is 78.0 Å². The molecule has 3 aromatic carbocycles. The van der Waals surface area contributed by atoms with Crippen LogP contribution in [-0.4, -0.2) is 28.2 Å². The Morgan fingerprint density at radius 2 is 1.71 bits per heavy atom. The van der Waals surface area contributed by atoms with Crippen molar-refractivity contribution in [1.82, 2.24) is 9.55 Å². The summed E-state index contributed by atoms with van der Waals surface area (Å²) >= 11 is 6.11. The largest absolute Gasteiger partial charge is 0.506 e. The second-order valence-corrected chi connectivity index (χ2v) is 8.93. The topological polar surface area (TPSA) is 104 Å². The molecule has 0 radical (unpaired) electrons. The van der Waals surface area contributed by atoms with E-state index in [2.05, 4.69) is 9.71 Å². The van der Waals surface area contributed by atoms with Crippen LogP contribution in [0, 0.1) is 0 Å². The van der Waals surface area contributed by atoms with Gasteiger partial charge < -0.3 is 14.8 Å². The summed E-state index contributed by atoms with van der Waals surface area (Å²) in [5, 5.41) is 20.5. The minimum atomic E-state index is -4.30. The Morgan fingerprint density at radius 1 is 0.968 bits per heavy atom. The summed E-state index contributed by atoms with van der Waals surface area (Å²) in [7, 11) is -2.54. The molecule has 9 heteroatoms. The highest BCUT2D eigenvalue weighted by molar-refractivity contribution is 7.92. The van der Waals surface area contributed by atoms with Crippen LogP contribution in [0.5, 0.6) is 11.5 Å². The summed E-state index contributed by atoms with van der Waals surface area (Å²) in [5.74, 6) is -0.368. The Bertz CT molecular complexity index is 1370. The second kappa shape index (κ2) is 7.98. The van der Waals surface area contributed by atoms with Crippen molar-refractivity contribution < 1.29 is 18.6 Å². The highest BCUT2D eigenvalue weighted by Crippen LogP contribution is 2.38. The van der Waals surface area contributed by atoms with E-state index in [9.17, 15) is 18.6 Å². The van der Waals surface area contributed by atoms with Gasteiger partial charge in [0.05, 0.1) is 10.7 Å². The van der Waals surface area contributed by atoms with E-state index in [4.69, 9.17) is 11.6 Å². The molecule has 0 saturated carbocycles. The molecule has 1 aromatic heterocycles. The Labute approximate surface area is 184 Å². The minimum Gasteiger partial charge on any atom is -0.506 e. The summed E-state index contributed by atoms with van der Waals surface area (Å²) in [4.78, 5) is 3.76. The number of anilines is 1. The van der Waals surface area contributed by atoms with Gasteiger partial charge in [0.25, 0.3) is 10.0 Å². The third-order valence-corrected chi connectivity index (χ3v) is 6.41. The Hall–Kier alpha value is -3.49. The van der Waals surface area contributed by atoms with Crippen LogP contribution >= 0.6 is 11.6 Å². The molecular formula is C22H18ClN3O4S. The van der Waals surface area contributed by atoms with Crippen LogP contribution in [0.2, 0.25) is 5.02 Å². The molecule has 7 nitrogen and oxygen atoms in total. The van der Waals surface area contributed by atoms with Crippen molar-refractivity contribution >= 4 is 27.3 Å². The van der Waals surface area contributed by atoms with Crippen molar-refractivity contribution in [3.63, 3.8) is 0 Å². The summed E-state index contributed by atoms with van der Waals surface area (Å²) in [6, 6.07) is 16.6. The van der Waals surface area contributed by atoms with Gasteiger partial charge in [0, 0.05) is 25.0 Å². The van der Waals surface area contributed by atoms with E-state index in [-0.39, 0.29) is 16.5 Å². The van der Waals surface area contributed by atoms with Gasteiger partial charge in [-0.2, -0.15) is 0 Å². The van der Waals surface area contributed by atoms with Crippen LogP contribution in [0.4, 0.5) is 5.69 Å². The number of nitrogens with one attached hydrogen (secondary N) is 1. The quantitative estimate of drug-likeness (QED) is 0.381. The number of halogens is 1. The average Bonchev–Trinajstić information content (AvgIpc) is 3.18. The van der Waals surface area contributed by atoms with E-state index >= 15 is 0 Å². The van der Waals surface area contributed by atoms with E-state index in [1.54, 1.807) is 30.1 Å². The van der Waals surface area contributed by atoms with Crippen molar-refractivity contribution in [3.05, 3.63) is 78.1 Å². The van der Waals surface area contributed by atoms with E-state index in [1.165, 1.54) is 24.3 Å². The lowest BCUT2D eigenvalue weighted by atomic mass is 10.1. The summed E-state index contributed by atoms with van der Waals surface area (Å²) in [5.41, 5.74) is 1.95. The zero-order chi connectivity index (χ0) is 22.2. The number of sulfonamides is 1. The van der Waals surface area contributed by atoms with Gasteiger partial charge in [0.1, 0.15) is 16.5 Å². The second-order valence-electron chi connectivity index (χ2n) is 6.87. The lowest BCUT2D eigenvalue weighted by Gasteiger charge is -2.14. The molecule has 1 heterocycles. The Kier molecular flexibility index (Phi) is 5.34. The number of benzene rings is 3. The van der Waals surface area contributed by atoms with E-state index < -0.39 is 20.7 Å². The van der Waals surface area contributed by atoms with Crippen LogP contribution in [-0.2, 0) is 17.1 Å². The molecule has 3 N–H and O–H groups in total. The fourth-order valence-corrected chi connectivity index (χ4v) is 4.66. The van der Waals surface area contributed by atoms with Crippen LogP contribution in [0.3, 0.4) is 0 Å². The number of aromatic hydroxyl groups is 2. The maximum atomic E-state index is 13.1. The molecule has 158 valence electrons. The molecule has 0 aliphatic rings. The number of aromatic nitrogens is 2. The first-order chi connectivity index (χ1) is 14.8. The van der Waals surface area contributed by atoms with Crippen molar-refractivity contribution in [2.24, 2.45) is 7.05 Å². The molecule has 0 aliphatic carbocycles. The van der Waals surface area contributed by atoms with Gasteiger partial charge in [-0.3, -0.25) is 4.72 Å². The third kappa shape index (κ3) is 4.08. The smallest absolute Gasteiger partial charge is 0.265 e.